The van der Waals surface area contributed by atoms with E-state index in [1.54, 1.807) is 39.0 Å². The number of amides is 3. The maximum atomic E-state index is 14.4. The zero-order chi connectivity index (χ0) is 29.5. The largest absolute Gasteiger partial charge is 0.508 e. The van der Waals surface area contributed by atoms with E-state index in [1.807, 2.05) is 59.7 Å². The Kier molecular flexibility index (Phi) is 11.0. The number of nitrogens with zero attached hydrogens (tertiary/aromatic N) is 1. The molecule has 0 fully saturated rings. The third kappa shape index (κ3) is 8.22. The lowest BCUT2D eigenvalue weighted by molar-refractivity contribution is -0.144. The van der Waals surface area contributed by atoms with Crippen molar-refractivity contribution in [3.63, 3.8) is 0 Å². The molecule has 2 aromatic rings. The van der Waals surface area contributed by atoms with Gasteiger partial charge in [0.1, 0.15) is 23.4 Å². The van der Waals surface area contributed by atoms with Crippen molar-refractivity contribution in [2.24, 2.45) is 5.92 Å². The Hall–Kier alpha value is -3.55. The number of nitrogens with one attached hydrogen (secondary N) is 2. The number of benzene rings is 2. The highest BCUT2D eigenvalue weighted by molar-refractivity contribution is 6.00. The highest BCUT2D eigenvalue weighted by Gasteiger charge is 2.41. The van der Waals surface area contributed by atoms with Crippen LogP contribution in [0.5, 0.6) is 5.75 Å². The second-order valence-electron chi connectivity index (χ2n) is 11.2. The Balaban J connectivity index is 2.64. The first-order valence-corrected chi connectivity index (χ1v) is 13.7. The van der Waals surface area contributed by atoms with Gasteiger partial charge < -0.3 is 25.4 Å². The second-order valence-corrected chi connectivity index (χ2v) is 11.2. The van der Waals surface area contributed by atoms with Crippen LogP contribution in [0.4, 0.5) is 10.5 Å². The van der Waals surface area contributed by atoms with Crippen molar-refractivity contribution in [3.05, 3.63) is 59.2 Å². The number of phenolic OH excluding ortho intramolecular Hbond substituents is 1. The zero-order valence-electron chi connectivity index (χ0n) is 24.8. The molecular formula is C31H45N3O5. The van der Waals surface area contributed by atoms with Crippen LogP contribution in [0.3, 0.4) is 0 Å². The molecule has 4 atom stereocenters. The number of carbonyl (C=O) groups excluding carboxylic acids is 3. The molecule has 0 heterocycles. The lowest BCUT2D eigenvalue weighted by atomic mass is 9.94. The van der Waals surface area contributed by atoms with E-state index in [0.29, 0.717) is 24.1 Å². The smallest absolute Gasteiger partial charge is 0.408 e. The Morgan fingerprint density at radius 3 is 2.05 bits per heavy atom. The molecule has 8 heteroatoms. The monoisotopic (exact) mass is 539 g/mol. The molecule has 2 aromatic carbocycles. The van der Waals surface area contributed by atoms with Gasteiger partial charge in [-0.05, 0) is 71.1 Å². The molecule has 3 amide bonds. The summed E-state index contributed by atoms with van der Waals surface area (Å²) in [6.45, 7) is 16.7. The summed E-state index contributed by atoms with van der Waals surface area (Å²) < 4.78 is 5.46. The van der Waals surface area contributed by atoms with Crippen LogP contribution in [-0.4, -0.2) is 45.6 Å². The molecule has 39 heavy (non-hydrogen) atoms. The molecule has 0 aliphatic heterocycles. The summed E-state index contributed by atoms with van der Waals surface area (Å²) in [4.78, 5) is 42.7. The van der Waals surface area contributed by atoms with E-state index in [2.05, 4.69) is 10.6 Å². The van der Waals surface area contributed by atoms with Gasteiger partial charge in [-0.25, -0.2) is 4.79 Å². The quantitative estimate of drug-likeness (QED) is 0.330. The van der Waals surface area contributed by atoms with Gasteiger partial charge in [0.2, 0.25) is 5.91 Å². The number of rotatable bonds is 10. The van der Waals surface area contributed by atoms with E-state index < -0.39 is 41.6 Å². The number of phenols is 1. The predicted molar refractivity (Wildman–Crippen MR) is 155 cm³/mol. The fraction of sp³-hybridized carbons (Fsp3) is 0.516. The topological polar surface area (TPSA) is 108 Å². The SMILES string of the molecule is CCC(C)C(NC(=O)OC(C)(C)C)C(=O)N(C(C)CC)C(C(=O)Nc1c(C)cccc1C)c1ccccc1O. The van der Waals surface area contributed by atoms with Gasteiger partial charge in [0.15, 0.2) is 0 Å². The Morgan fingerprint density at radius 1 is 0.949 bits per heavy atom. The molecule has 0 radical (unpaired) electrons. The van der Waals surface area contributed by atoms with Crippen LogP contribution in [0.25, 0.3) is 0 Å². The maximum Gasteiger partial charge on any atom is 0.408 e. The molecule has 214 valence electrons. The van der Waals surface area contributed by atoms with Gasteiger partial charge >= 0.3 is 6.09 Å². The minimum absolute atomic E-state index is 0.0968. The Labute approximate surface area is 233 Å². The molecule has 2 rings (SSSR count). The van der Waals surface area contributed by atoms with Gasteiger partial charge in [-0.3, -0.25) is 9.59 Å². The van der Waals surface area contributed by atoms with Gasteiger partial charge in [-0.2, -0.15) is 0 Å². The third-order valence-electron chi connectivity index (χ3n) is 6.96. The van der Waals surface area contributed by atoms with Crippen molar-refractivity contribution in [3.8, 4) is 5.75 Å². The van der Waals surface area contributed by atoms with Gasteiger partial charge in [0, 0.05) is 17.3 Å². The highest BCUT2D eigenvalue weighted by atomic mass is 16.6. The fourth-order valence-electron chi connectivity index (χ4n) is 4.41. The number of ether oxygens (including phenoxy) is 1. The lowest BCUT2D eigenvalue weighted by Gasteiger charge is -2.39. The molecule has 3 N–H and O–H groups in total. The van der Waals surface area contributed by atoms with E-state index in [1.165, 1.54) is 11.0 Å². The van der Waals surface area contributed by atoms with Gasteiger partial charge in [0.05, 0.1) is 0 Å². The van der Waals surface area contributed by atoms with Crippen molar-refractivity contribution in [2.45, 2.75) is 98.9 Å². The summed E-state index contributed by atoms with van der Waals surface area (Å²) in [6.07, 6.45) is 0.451. The normalized spacial score (nSPS) is 14.5. The maximum absolute atomic E-state index is 14.4. The minimum Gasteiger partial charge on any atom is -0.508 e. The molecule has 0 saturated carbocycles. The predicted octanol–water partition coefficient (Wildman–Crippen LogP) is 6.26. The standard InChI is InChI=1S/C31H45N3O5/c1-10-19(3)26(33-30(38)39-31(7,8)9)29(37)34(22(6)11-2)27(23-17-12-13-18-24(23)35)28(36)32-25-20(4)15-14-16-21(25)5/h12-19,22,26-27,35H,10-11H2,1-9H3,(H,32,36)(H,33,38). The number of hydrogen-bond donors (Lipinski definition) is 3. The first-order valence-electron chi connectivity index (χ1n) is 13.7. The summed E-state index contributed by atoms with van der Waals surface area (Å²) >= 11 is 0. The summed E-state index contributed by atoms with van der Waals surface area (Å²) in [5.74, 6) is -1.22. The molecule has 0 spiro atoms. The molecule has 0 bridgehead atoms. The Morgan fingerprint density at radius 2 is 1.54 bits per heavy atom. The number of aromatic hydroxyl groups is 1. The first kappa shape index (κ1) is 31.7. The van der Waals surface area contributed by atoms with Crippen LogP contribution >= 0.6 is 0 Å². The van der Waals surface area contributed by atoms with Crippen LogP contribution in [-0.2, 0) is 14.3 Å². The van der Waals surface area contributed by atoms with Gasteiger partial charge in [-0.15, -0.1) is 0 Å². The molecule has 0 aliphatic rings. The first-order chi connectivity index (χ1) is 18.2. The van der Waals surface area contributed by atoms with Crippen molar-refractivity contribution < 1.29 is 24.2 Å². The van der Waals surface area contributed by atoms with Crippen molar-refractivity contribution in [2.75, 3.05) is 5.32 Å². The third-order valence-corrected chi connectivity index (χ3v) is 6.96. The highest BCUT2D eigenvalue weighted by Crippen LogP contribution is 2.34. The summed E-state index contributed by atoms with van der Waals surface area (Å²) in [7, 11) is 0. The van der Waals surface area contributed by atoms with E-state index in [0.717, 1.165) is 11.1 Å². The molecule has 8 nitrogen and oxygen atoms in total. The van der Waals surface area contributed by atoms with E-state index in [4.69, 9.17) is 4.74 Å². The molecule has 0 aromatic heterocycles. The van der Waals surface area contributed by atoms with E-state index >= 15 is 0 Å². The fourth-order valence-corrected chi connectivity index (χ4v) is 4.41. The van der Waals surface area contributed by atoms with Gasteiger partial charge in [0.25, 0.3) is 5.91 Å². The molecule has 4 unspecified atom stereocenters. The number of alkyl carbamates (subject to hydrolysis) is 1. The zero-order valence-corrected chi connectivity index (χ0v) is 24.8. The lowest BCUT2D eigenvalue weighted by Crippen LogP contribution is -2.56. The minimum atomic E-state index is -1.15. The van der Waals surface area contributed by atoms with Crippen molar-refractivity contribution in [1.29, 1.82) is 0 Å². The Bertz CT molecular complexity index is 1140. The average molecular weight is 540 g/mol. The summed E-state index contributed by atoms with van der Waals surface area (Å²) in [5, 5.41) is 16.6. The summed E-state index contributed by atoms with van der Waals surface area (Å²) in [5.41, 5.74) is 1.97. The molecule has 0 saturated heterocycles. The van der Waals surface area contributed by atoms with Crippen LogP contribution < -0.4 is 10.6 Å². The van der Waals surface area contributed by atoms with Crippen molar-refractivity contribution in [1.82, 2.24) is 10.2 Å². The molecular weight excluding hydrogens is 494 g/mol. The number of anilines is 1. The second kappa shape index (κ2) is 13.5. The number of para-hydroxylation sites is 2. The number of aryl methyl sites for hydroxylation is 2. The molecule has 0 aliphatic carbocycles. The van der Waals surface area contributed by atoms with E-state index in [-0.39, 0.29) is 11.7 Å². The number of hydrogen-bond acceptors (Lipinski definition) is 5. The van der Waals surface area contributed by atoms with Crippen LogP contribution in [0.1, 0.15) is 84.0 Å². The van der Waals surface area contributed by atoms with Crippen LogP contribution in [0.2, 0.25) is 0 Å². The van der Waals surface area contributed by atoms with Gasteiger partial charge in [-0.1, -0.05) is 63.6 Å². The summed E-state index contributed by atoms with van der Waals surface area (Å²) in [6, 6.07) is 9.76. The van der Waals surface area contributed by atoms with Crippen LogP contribution in [0.15, 0.2) is 42.5 Å². The van der Waals surface area contributed by atoms with Crippen molar-refractivity contribution >= 4 is 23.6 Å². The number of carbonyl (C=O) groups is 3. The van der Waals surface area contributed by atoms with E-state index in [9.17, 15) is 19.5 Å². The van der Waals surface area contributed by atoms with Crippen LogP contribution in [0, 0.1) is 19.8 Å². The average Bonchev–Trinajstić information content (AvgIpc) is 2.86.